The van der Waals surface area contributed by atoms with Crippen LogP contribution in [0, 0.1) is 0 Å². The van der Waals surface area contributed by atoms with Gasteiger partial charge in [0.25, 0.3) is 0 Å². The maximum atomic E-state index is 13.5. The zero-order valence-corrected chi connectivity index (χ0v) is 10.2. The average Bonchev–Trinajstić information content (AvgIpc) is 2.70. The number of alkyl halides is 1. The van der Waals surface area contributed by atoms with Crippen LogP contribution in [0.1, 0.15) is 37.1 Å². The van der Waals surface area contributed by atoms with Gasteiger partial charge in [-0.15, -0.1) is 0 Å². The molecule has 0 radical (unpaired) electrons. The lowest BCUT2D eigenvalue weighted by Crippen LogP contribution is -2.24. The fourth-order valence-electron chi connectivity index (χ4n) is 2.40. The average molecular weight is 242 g/mol. The number of rotatable bonds is 3. The predicted molar refractivity (Wildman–Crippen MR) is 65.7 cm³/mol. The van der Waals surface area contributed by atoms with Crippen LogP contribution in [-0.4, -0.2) is 12.6 Å². The summed E-state index contributed by atoms with van der Waals surface area (Å²) in [5, 5.41) is 3.97. The summed E-state index contributed by atoms with van der Waals surface area (Å²) in [5.74, 6) is 0. The molecule has 0 spiro atoms. The molecule has 3 heteroatoms. The summed E-state index contributed by atoms with van der Waals surface area (Å²) >= 11 is 6.05. The van der Waals surface area contributed by atoms with E-state index >= 15 is 0 Å². The normalized spacial score (nSPS) is 22.3. The molecule has 1 fully saturated rings. The van der Waals surface area contributed by atoms with Gasteiger partial charge in [-0.2, -0.15) is 0 Å². The van der Waals surface area contributed by atoms with Gasteiger partial charge in [0.05, 0.1) is 0 Å². The Morgan fingerprint density at radius 2 is 2.38 bits per heavy atom. The van der Waals surface area contributed by atoms with Gasteiger partial charge in [-0.1, -0.05) is 23.7 Å². The molecule has 1 aliphatic heterocycles. The van der Waals surface area contributed by atoms with Crippen LogP contribution >= 0.6 is 11.6 Å². The topological polar surface area (TPSA) is 12.0 Å². The highest BCUT2D eigenvalue weighted by Crippen LogP contribution is 2.30. The Morgan fingerprint density at radius 3 is 3.00 bits per heavy atom. The highest BCUT2D eigenvalue weighted by atomic mass is 35.5. The Balaban J connectivity index is 2.21. The van der Waals surface area contributed by atoms with Crippen molar-refractivity contribution in [2.24, 2.45) is 0 Å². The minimum Gasteiger partial charge on any atom is -0.314 e. The van der Waals surface area contributed by atoms with Gasteiger partial charge >= 0.3 is 0 Å². The molecule has 1 aromatic carbocycles. The van der Waals surface area contributed by atoms with Crippen molar-refractivity contribution in [1.29, 1.82) is 0 Å². The first kappa shape index (κ1) is 11.9. The van der Waals surface area contributed by atoms with Crippen molar-refractivity contribution < 1.29 is 4.39 Å². The molecule has 1 nitrogen and oxygen atoms in total. The molecular weight excluding hydrogens is 225 g/mol. The van der Waals surface area contributed by atoms with E-state index < -0.39 is 6.17 Å². The third-order valence-corrected chi connectivity index (χ3v) is 3.50. The standard InChI is InChI=1S/C13H17ClFN/c1-9(15)13-10(4-2-6-12(13)14)8-11-5-3-7-16-11/h2,4,6,9,11,16H,3,5,7-8H2,1H3. The molecule has 88 valence electrons. The van der Waals surface area contributed by atoms with Gasteiger partial charge in [-0.3, -0.25) is 0 Å². The van der Waals surface area contributed by atoms with E-state index in [9.17, 15) is 4.39 Å². The molecule has 1 saturated heterocycles. The summed E-state index contributed by atoms with van der Waals surface area (Å²) in [5.41, 5.74) is 1.71. The van der Waals surface area contributed by atoms with E-state index in [4.69, 9.17) is 11.6 Å². The third-order valence-electron chi connectivity index (χ3n) is 3.17. The number of nitrogens with one attached hydrogen (secondary N) is 1. The number of halogens is 2. The van der Waals surface area contributed by atoms with Crippen LogP contribution in [0.15, 0.2) is 18.2 Å². The molecule has 1 aliphatic rings. The fourth-order valence-corrected chi connectivity index (χ4v) is 2.75. The highest BCUT2D eigenvalue weighted by molar-refractivity contribution is 6.31. The van der Waals surface area contributed by atoms with Crippen molar-refractivity contribution in [1.82, 2.24) is 5.32 Å². The Labute approximate surface area is 101 Å². The zero-order chi connectivity index (χ0) is 11.5. The van der Waals surface area contributed by atoms with E-state index in [2.05, 4.69) is 5.32 Å². The van der Waals surface area contributed by atoms with Crippen LogP contribution in [0.4, 0.5) is 4.39 Å². The first-order valence-corrected chi connectivity index (χ1v) is 6.21. The largest absolute Gasteiger partial charge is 0.314 e. The molecule has 2 rings (SSSR count). The van der Waals surface area contributed by atoms with E-state index in [1.807, 2.05) is 12.1 Å². The van der Waals surface area contributed by atoms with E-state index in [0.717, 1.165) is 18.5 Å². The van der Waals surface area contributed by atoms with Crippen molar-refractivity contribution in [3.8, 4) is 0 Å². The van der Waals surface area contributed by atoms with Gasteiger partial charge in [0.1, 0.15) is 6.17 Å². The number of benzene rings is 1. The van der Waals surface area contributed by atoms with Gasteiger partial charge in [-0.25, -0.2) is 4.39 Å². The molecule has 16 heavy (non-hydrogen) atoms. The van der Waals surface area contributed by atoms with E-state index in [0.29, 0.717) is 16.6 Å². The lowest BCUT2D eigenvalue weighted by atomic mass is 9.97. The van der Waals surface area contributed by atoms with E-state index in [-0.39, 0.29) is 0 Å². The maximum Gasteiger partial charge on any atom is 0.124 e. The summed E-state index contributed by atoms with van der Waals surface area (Å²) < 4.78 is 13.5. The Kier molecular flexibility index (Phi) is 3.82. The minimum atomic E-state index is -0.995. The fraction of sp³-hybridized carbons (Fsp3) is 0.538. The second-order valence-corrected chi connectivity index (χ2v) is 4.83. The zero-order valence-electron chi connectivity index (χ0n) is 9.47. The molecular formula is C13H17ClFN. The van der Waals surface area contributed by atoms with Crippen LogP contribution in [0.3, 0.4) is 0 Å². The Morgan fingerprint density at radius 1 is 1.56 bits per heavy atom. The molecule has 2 unspecified atom stereocenters. The van der Waals surface area contributed by atoms with Crippen LogP contribution in [0.5, 0.6) is 0 Å². The van der Waals surface area contributed by atoms with Crippen LogP contribution in [0.2, 0.25) is 5.02 Å². The summed E-state index contributed by atoms with van der Waals surface area (Å²) in [4.78, 5) is 0. The summed E-state index contributed by atoms with van der Waals surface area (Å²) in [6, 6.07) is 6.13. The third kappa shape index (κ3) is 2.55. The molecule has 0 aromatic heterocycles. The number of hydrogen-bond donors (Lipinski definition) is 1. The van der Waals surface area contributed by atoms with Crippen molar-refractivity contribution in [2.45, 2.75) is 38.4 Å². The van der Waals surface area contributed by atoms with Crippen LogP contribution in [-0.2, 0) is 6.42 Å². The van der Waals surface area contributed by atoms with Crippen molar-refractivity contribution in [2.75, 3.05) is 6.54 Å². The summed E-state index contributed by atoms with van der Waals surface area (Å²) in [6.07, 6.45) is 2.27. The van der Waals surface area contributed by atoms with Crippen LogP contribution in [0.25, 0.3) is 0 Å². The Hall–Kier alpha value is -0.600. The van der Waals surface area contributed by atoms with Gasteiger partial charge in [0.2, 0.25) is 0 Å². The van der Waals surface area contributed by atoms with Crippen molar-refractivity contribution in [3.05, 3.63) is 34.3 Å². The molecule has 2 atom stereocenters. The first-order chi connectivity index (χ1) is 7.68. The number of hydrogen-bond acceptors (Lipinski definition) is 1. The first-order valence-electron chi connectivity index (χ1n) is 5.83. The second-order valence-electron chi connectivity index (χ2n) is 4.43. The molecule has 0 bridgehead atoms. The Bertz CT molecular complexity index is 359. The van der Waals surface area contributed by atoms with Crippen molar-refractivity contribution in [3.63, 3.8) is 0 Å². The molecule has 0 saturated carbocycles. The minimum absolute atomic E-state index is 0.482. The molecule has 1 heterocycles. The summed E-state index contributed by atoms with van der Waals surface area (Å²) in [6.45, 7) is 2.62. The van der Waals surface area contributed by atoms with Gasteiger partial charge in [0, 0.05) is 16.6 Å². The molecule has 1 N–H and O–H groups in total. The van der Waals surface area contributed by atoms with E-state index in [1.165, 1.54) is 12.8 Å². The highest BCUT2D eigenvalue weighted by Gasteiger charge is 2.19. The predicted octanol–water partition coefficient (Wildman–Crippen LogP) is 3.67. The van der Waals surface area contributed by atoms with Crippen molar-refractivity contribution >= 4 is 11.6 Å². The maximum absolute atomic E-state index is 13.5. The van der Waals surface area contributed by atoms with E-state index in [1.54, 1.807) is 13.0 Å². The quantitative estimate of drug-likeness (QED) is 0.852. The van der Waals surface area contributed by atoms with Gasteiger partial charge in [0.15, 0.2) is 0 Å². The summed E-state index contributed by atoms with van der Waals surface area (Å²) in [7, 11) is 0. The van der Waals surface area contributed by atoms with Gasteiger partial charge in [-0.05, 0) is 44.4 Å². The van der Waals surface area contributed by atoms with Crippen LogP contribution < -0.4 is 5.32 Å². The second kappa shape index (κ2) is 5.15. The van der Waals surface area contributed by atoms with Gasteiger partial charge < -0.3 is 5.32 Å². The SMILES string of the molecule is CC(F)c1c(Cl)cccc1CC1CCCN1. The lowest BCUT2D eigenvalue weighted by Gasteiger charge is -2.16. The molecule has 0 aliphatic carbocycles. The monoisotopic (exact) mass is 241 g/mol. The molecule has 0 amide bonds. The lowest BCUT2D eigenvalue weighted by molar-refractivity contribution is 0.371. The molecule has 1 aromatic rings. The smallest absolute Gasteiger partial charge is 0.124 e.